The molecule has 4 unspecified atom stereocenters. The van der Waals surface area contributed by atoms with Crippen molar-refractivity contribution in [1.29, 1.82) is 0 Å². The third-order valence-corrected chi connectivity index (χ3v) is 5.04. The summed E-state index contributed by atoms with van der Waals surface area (Å²) in [4.78, 5) is 0. The first-order chi connectivity index (χ1) is 8.15. The van der Waals surface area contributed by atoms with Gasteiger partial charge in [-0.05, 0) is 36.5 Å². The van der Waals surface area contributed by atoms with Crippen LogP contribution < -0.4 is 0 Å². The molecule has 0 N–H and O–H groups in total. The summed E-state index contributed by atoms with van der Waals surface area (Å²) in [5, 5.41) is 0. The predicted octanol–water partition coefficient (Wildman–Crippen LogP) is 5.83. The number of allylic oxidation sites excluding steroid dienone is 1. The molecule has 0 spiro atoms. The Morgan fingerprint density at radius 3 is 2.41 bits per heavy atom. The lowest BCUT2D eigenvalue weighted by Gasteiger charge is -2.33. The predicted molar refractivity (Wildman–Crippen MR) is 78.1 cm³/mol. The minimum atomic E-state index is 0.819. The van der Waals surface area contributed by atoms with Crippen LogP contribution in [0.25, 0.3) is 0 Å². The molecule has 1 aliphatic carbocycles. The van der Waals surface area contributed by atoms with Crippen molar-refractivity contribution >= 4 is 0 Å². The topological polar surface area (TPSA) is 0 Å². The van der Waals surface area contributed by atoms with Crippen LogP contribution in [0.4, 0.5) is 0 Å². The van der Waals surface area contributed by atoms with Crippen molar-refractivity contribution in [2.45, 2.75) is 72.1 Å². The summed E-state index contributed by atoms with van der Waals surface area (Å²) in [5.74, 6) is 3.79. The zero-order chi connectivity index (χ0) is 12.7. The normalized spacial score (nSPS) is 27.2. The van der Waals surface area contributed by atoms with Crippen LogP contribution >= 0.6 is 0 Å². The molecule has 1 aliphatic rings. The Balaban J connectivity index is 1.94. The van der Waals surface area contributed by atoms with Crippen LogP contribution in [-0.4, -0.2) is 0 Å². The Kier molecular flexibility index (Phi) is 6.92. The van der Waals surface area contributed by atoms with E-state index < -0.39 is 0 Å². The van der Waals surface area contributed by atoms with Gasteiger partial charge >= 0.3 is 0 Å². The largest absolute Gasteiger partial charge is 0.103 e. The molecule has 0 nitrogen and oxygen atoms in total. The van der Waals surface area contributed by atoms with E-state index in [1.165, 1.54) is 51.4 Å². The second-order valence-electron chi connectivity index (χ2n) is 6.43. The standard InChI is InChI=1S/C17H32/c1-5-9-14(2)15(3)10-7-6-8-11-17-13-12-16(17)4/h5,14-17H,1,6-13H2,2-4H3. The van der Waals surface area contributed by atoms with Gasteiger partial charge < -0.3 is 0 Å². The van der Waals surface area contributed by atoms with Gasteiger partial charge in [-0.25, -0.2) is 0 Å². The van der Waals surface area contributed by atoms with Crippen molar-refractivity contribution in [2.24, 2.45) is 23.7 Å². The monoisotopic (exact) mass is 236 g/mol. The van der Waals surface area contributed by atoms with Crippen LogP contribution in [0.3, 0.4) is 0 Å². The van der Waals surface area contributed by atoms with Gasteiger partial charge in [-0.2, -0.15) is 0 Å². The molecular weight excluding hydrogens is 204 g/mol. The molecule has 0 aromatic heterocycles. The van der Waals surface area contributed by atoms with E-state index in [1.54, 1.807) is 0 Å². The molecule has 0 saturated heterocycles. The molecule has 0 radical (unpaired) electrons. The fraction of sp³-hybridized carbons (Fsp3) is 0.882. The van der Waals surface area contributed by atoms with Gasteiger partial charge in [0.15, 0.2) is 0 Å². The number of hydrogen-bond donors (Lipinski definition) is 0. The second kappa shape index (κ2) is 7.95. The molecule has 4 atom stereocenters. The molecule has 1 saturated carbocycles. The van der Waals surface area contributed by atoms with Crippen molar-refractivity contribution in [3.05, 3.63) is 12.7 Å². The lowest BCUT2D eigenvalue weighted by molar-refractivity contribution is 0.178. The smallest absolute Gasteiger partial charge is 0.0325 e. The van der Waals surface area contributed by atoms with Gasteiger partial charge in [0.25, 0.3) is 0 Å². The Morgan fingerprint density at radius 2 is 1.88 bits per heavy atom. The second-order valence-corrected chi connectivity index (χ2v) is 6.43. The maximum atomic E-state index is 3.84. The number of rotatable bonds is 9. The van der Waals surface area contributed by atoms with Gasteiger partial charge in [0.05, 0.1) is 0 Å². The molecule has 1 rings (SSSR count). The van der Waals surface area contributed by atoms with Gasteiger partial charge in [0.1, 0.15) is 0 Å². The van der Waals surface area contributed by atoms with E-state index in [0.717, 1.165) is 23.7 Å². The van der Waals surface area contributed by atoms with E-state index in [9.17, 15) is 0 Å². The summed E-state index contributed by atoms with van der Waals surface area (Å²) in [6.45, 7) is 11.0. The average Bonchev–Trinajstić information content (AvgIpc) is 2.31. The van der Waals surface area contributed by atoms with Gasteiger partial charge in [-0.15, -0.1) is 6.58 Å². The summed E-state index contributed by atoms with van der Waals surface area (Å²) in [6, 6.07) is 0. The lowest BCUT2D eigenvalue weighted by atomic mass is 9.72. The quantitative estimate of drug-likeness (QED) is 0.349. The van der Waals surface area contributed by atoms with E-state index in [1.807, 2.05) is 0 Å². The molecule has 0 heterocycles. The molecule has 0 aromatic carbocycles. The van der Waals surface area contributed by atoms with Gasteiger partial charge in [0, 0.05) is 0 Å². The number of hydrogen-bond acceptors (Lipinski definition) is 0. The Hall–Kier alpha value is -0.260. The fourth-order valence-electron chi connectivity index (χ4n) is 2.99. The van der Waals surface area contributed by atoms with Crippen molar-refractivity contribution in [1.82, 2.24) is 0 Å². The molecule has 0 bridgehead atoms. The average molecular weight is 236 g/mol. The van der Waals surface area contributed by atoms with Gasteiger partial charge in [0.2, 0.25) is 0 Å². The SMILES string of the molecule is C=CCC(C)C(C)CCCCCC1CCC1C. The minimum absolute atomic E-state index is 0.819. The first-order valence-corrected chi connectivity index (χ1v) is 7.76. The molecule has 0 aliphatic heterocycles. The Morgan fingerprint density at radius 1 is 1.12 bits per heavy atom. The highest BCUT2D eigenvalue weighted by molar-refractivity contribution is 4.77. The van der Waals surface area contributed by atoms with Crippen LogP contribution in [0.15, 0.2) is 12.7 Å². The maximum absolute atomic E-state index is 3.84. The maximum Gasteiger partial charge on any atom is -0.0325 e. The fourth-order valence-corrected chi connectivity index (χ4v) is 2.99. The summed E-state index contributed by atoms with van der Waals surface area (Å²) in [5.41, 5.74) is 0. The number of unbranched alkanes of at least 4 members (excludes halogenated alkanes) is 2. The highest BCUT2D eigenvalue weighted by Gasteiger charge is 2.25. The van der Waals surface area contributed by atoms with Crippen molar-refractivity contribution in [2.75, 3.05) is 0 Å². The van der Waals surface area contributed by atoms with Crippen LogP contribution in [0.1, 0.15) is 72.1 Å². The van der Waals surface area contributed by atoms with Crippen molar-refractivity contribution < 1.29 is 0 Å². The molecule has 0 heteroatoms. The lowest BCUT2D eigenvalue weighted by Crippen LogP contribution is -2.22. The van der Waals surface area contributed by atoms with Crippen LogP contribution in [0, 0.1) is 23.7 Å². The first kappa shape index (κ1) is 14.8. The molecule has 100 valence electrons. The van der Waals surface area contributed by atoms with E-state index >= 15 is 0 Å². The Labute approximate surface area is 109 Å². The summed E-state index contributed by atoms with van der Waals surface area (Å²) in [6.07, 6.45) is 13.5. The first-order valence-electron chi connectivity index (χ1n) is 7.76. The molecule has 0 amide bonds. The third kappa shape index (κ3) is 5.27. The van der Waals surface area contributed by atoms with E-state index in [2.05, 4.69) is 33.4 Å². The van der Waals surface area contributed by atoms with E-state index in [4.69, 9.17) is 0 Å². The van der Waals surface area contributed by atoms with E-state index in [0.29, 0.717) is 0 Å². The Bertz CT molecular complexity index is 206. The van der Waals surface area contributed by atoms with Crippen LogP contribution in [0.5, 0.6) is 0 Å². The summed E-state index contributed by atoms with van der Waals surface area (Å²) < 4.78 is 0. The van der Waals surface area contributed by atoms with Crippen molar-refractivity contribution in [3.63, 3.8) is 0 Å². The summed E-state index contributed by atoms with van der Waals surface area (Å²) in [7, 11) is 0. The summed E-state index contributed by atoms with van der Waals surface area (Å²) >= 11 is 0. The van der Waals surface area contributed by atoms with Gasteiger partial charge in [-0.3, -0.25) is 0 Å². The van der Waals surface area contributed by atoms with Crippen molar-refractivity contribution in [3.8, 4) is 0 Å². The zero-order valence-electron chi connectivity index (χ0n) is 12.3. The highest BCUT2D eigenvalue weighted by Crippen LogP contribution is 2.37. The van der Waals surface area contributed by atoms with Gasteiger partial charge in [-0.1, -0.05) is 65.4 Å². The molecular formula is C17H32. The van der Waals surface area contributed by atoms with E-state index in [-0.39, 0.29) is 0 Å². The van der Waals surface area contributed by atoms with Crippen LogP contribution in [-0.2, 0) is 0 Å². The third-order valence-electron chi connectivity index (χ3n) is 5.04. The molecule has 0 aromatic rings. The highest BCUT2D eigenvalue weighted by atomic mass is 14.3. The molecule has 1 fully saturated rings. The molecule has 17 heavy (non-hydrogen) atoms. The zero-order valence-corrected chi connectivity index (χ0v) is 12.3. The van der Waals surface area contributed by atoms with Crippen LogP contribution in [0.2, 0.25) is 0 Å². The minimum Gasteiger partial charge on any atom is -0.103 e.